The van der Waals surface area contributed by atoms with Gasteiger partial charge in [0.15, 0.2) is 11.5 Å². The average molecular weight is 390 g/mol. The van der Waals surface area contributed by atoms with Crippen molar-refractivity contribution in [1.82, 2.24) is 5.32 Å². The Morgan fingerprint density at radius 1 is 1.00 bits per heavy atom. The molecule has 0 radical (unpaired) electrons. The highest BCUT2D eigenvalue weighted by molar-refractivity contribution is 5.47. The number of aliphatic hydroxyl groups excluding tert-OH is 1. The molecule has 2 aromatic rings. The molecule has 156 valence electrons. The third-order valence-electron chi connectivity index (χ3n) is 3.65. The fraction of sp³-hybridized carbons (Fsp3) is 0.478. The molecule has 3 rings (SSSR count). The summed E-state index contributed by atoms with van der Waals surface area (Å²) in [5.41, 5.74) is 1.18. The molecule has 0 saturated heterocycles. The molecule has 2 N–H and O–H groups in total. The maximum absolute atomic E-state index is 7.00. The smallest absolute Gasteiger partial charge is 0.231 e. The Balaban J connectivity index is 0.000000260. The molecule has 1 heterocycles. The van der Waals surface area contributed by atoms with Gasteiger partial charge in [-0.05, 0) is 51.4 Å². The van der Waals surface area contributed by atoms with E-state index in [0.717, 1.165) is 37.4 Å². The zero-order valence-electron chi connectivity index (χ0n) is 17.8. The molecule has 0 amide bonds. The van der Waals surface area contributed by atoms with Crippen LogP contribution in [0.2, 0.25) is 0 Å². The minimum atomic E-state index is -0.187. The fourth-order valence-electron chi connectivity index (χ4n) is 2.42. The second kappa shape index (κ2) is 13.0. The van der Waals surface area contributed by atoms with Crippen LogP contribution in [-0.2, 0) is 6.54 Å². The summed E-state index contributed by atoms with van der Waals surface area (Å²) in [5.74, 6) is 2.35. The zero-order chi connectivity index (χ0) is 20.8. The van der Waals surface area contributed by atoms with Crippen LogP contribution in [0.25, 0.3) is 0 Å². The summed E-state index contributed by atoms with van der Waals surface area (Å²) in [6.45, 7) is 10.7. The lowest BCUT2D eigenvalue weighted by Crippen LogP contribution is -2.22. The number of rotatable bonds is 6. The second-order valence-corrected chi connectivity index (χ2v) is 7.25. The van der Waals surface area contributed by atoms with Gasteiger partial charge < -0.3 is 24.6 Å². The summed E-state index contributed by atoms with van der Waals surface area (Å²) in [6.07, 6.45) is 2.54. The molecule has 5 heteroatoms. The molecule has 0 bridgehead atoms. The summed E-state index contributed by atoms with van der Waals surface area (Å²) in [6, 6.07) is 16.1. The molecule has 5 nitrogen and oxygen atoms in total. The van der Waals surface area contributed by atoms with E-state index in [1.165, 1.54) is 18.4 Å². The molecule has 0 fully saturated rings. The van der Waals surface area contributed by atoms with Crippen LogP contribution in [0.15, 0.2) is 48.5 Å². The number of aliphatic hydroxyl groups is 1. The summed E-state index contributed by atoms with van der Waals surface area (Å²) < 4.78 is 16.1. The minimum absolute atomic E-state index is 0.187. The average Bonchev–Trinajstić information content (AvgIpc) is 3.15. The van der Waals surface area contributed by atoms with E-state index in [9.17, 15) is 0 Å². The van der Waals surface area contributed by atoms with Crippen molar-refractivity contribution in [2.75, 3.05) is 20.4 Å². The van der Waals surface area contributed by atoms with Gasteiger partial charge in [0, 0.05) is 19.7 Å². The predicted molar refractivity (Wildman–Crippen MR) is 114 cm³/mol. The van der Waals surface area contributed by atoms with Crippen LogP contribution in [0.1, 0.15) is 46.1 Å². The molecule has 1 aliphatic rings. The first-order valence-electron chi connectivity index (χ1n) is 9.76. The van der Waals surface area contributed by atoms with Gasteiger partial charge in [-0.1, -0.05) is 43.7 Å². The van der Waals surface area contributed by atoms with E-state index in [2.05, 4.69) is 42.6 Å². The maximum atomic E-state index is 7.00. The van der Waals surface area contributed by atoms with E-state index in [1.54, 1.807) is 0 Å². The lowest BCUT2D eigenvalue weighted by atomic mass is 10.2. The summed E-state index contributed by atoms with van der Waals surface area (Å²) in [5, 5.41) is 10.4. The van der Waals surface area contributed by atoms with Crippen LogP contribution in [0.4, 0.5) is 0 Å². The Hall–Kier alpha value is -2.24. The van der Waals surface area contributed by atoms with Gasteiger partial charge in [-0.25, -0.2) is 0 Å². The third kappa shape index (κ3) is 9.62. The summed E-state index contributed by atoms with van der Waals surface area (Å²) >= 11 is 0. The Morgan fingerprint density at radius 3 is 2.32 bits per heavy atom. The molecule has 0 atom stereocenters. The molecular weight excluding hydrogens is 354 g/mol. The molecule has 28 heavy (non-hydrogen) atoms. The fourth-order valence-corrected chi connectivity index (χ4v) is 2.42. The molecule has 1 aliphatic heterocycles. The molecule has 0 aliphatic carbocycles. The Kier molecular flexibility index (Phi) is 11.1. The Labute approximate surface area is 169 Å². The third-order valence-corrected chi connectivity index (χ3v) is 3.65. The van der Waals surface area contributed by atoms with Gasteiger partial charge in [0.05, 0.1) is 0 Å². The molecule has 0 spiro atoms. The lowest BCUT2D eigenvalue weighted by molar-refractivity contribution is 0.130. The van der Waals surface area contributed by atoms with Crippen molar-refractivity contribution in [3.05, 3.63) is 54.1 Å². The van der Waals surface area contributed by atoms with Gasteiger partial charge in [0.25, 0.3) is 0 Å². The van der Waals surface area contributed by atoms with Crippen molar-refractivity contribution in [2.24, 2.45) is 0 Å². The zero-order valence-corrected chi connectivity index (χ0v) is 17.8. The van der Waals surface area contributed by atoms with Crippen LogP contribution in [0.3, 0.4) is 0 Å². The predicted octanol–water partition coefficient (Wildman–Crippen LogP) is 4.78. The number of fused-ring (bicyclic) bond motifs is 1. The van der Waals surface area contributed by atoms with Crippen LogP contribution >= 0.6 is 0 Å². The topological polar surface area (TPSA) is 60.0 Å². The second-order valence-electron chi connectivity index (χ2n) is 7.25. The monoisotopic (exact) mass is 389 g/mol. The first-order valence-corrected chi connectivity index (χ1v) is 9.76. The van der Waals surface area contributed by atoms with E-state index in [4.69, 9.17) is 19.3 Å². The number of nitrogens with one attached hydrogen (secondary N) is 1. The van der Waals surface area contributed by atoms with Crippen LogP contribution < -0.4 is 19.5 Å². The van der Waals surface area contributed by atoms with Crippen LogP contribution in [-0.4, -0.2) is 31.2 Å². The quantitative estimate of drug-likeness (QED) is 0.697. The standard InChI is InChI=1S/C11H17N.C11H14O3.CH4O/c1-2-3-9-12-10-11-7-5-4-6-8-11;1-11(2,3)14-8-4-5-9-10(6-8)13-7-12-9;1-2/h4-8,12H,2-3,9-10H2,1H3;4-6H,7H2,1-3H3;2H,1H3. The van der Waals surface area contributed by atoms with Crippen molar-refractivity contribution in [1.29, 1.82) is 0 Å². The number of unbranched alkanes of at least 4 members (excludes halogenated alkanes) is 1. The first-order chi connectivity index (χ1) is 13.5. The molecule has 0 aromatic heterocycles. The van der Waals surface area contributed by atoms with Gasteiger partial charge >= 0.3 is 0 Å². The lowest BCUT2D eigenvalue weighted by Gasteiger charge is -2.21. The van der Waals surface area contributed by atoms with Crippen molar-refractivity contribution >= 4 is 0 Å². The number of ether oxygens (including phenoxy) is 3. The van der Waals surface area contributed by atoms with Gasteiger partial charge in [-0.3, -0.25) is 0 Å². The van der Waals surface area contributed by atoms with Crippen molar-refractivity contribution in [2.45, 2.75) is 52.7 Å². The van der Waals surface area contributed by atoms with E-state index < -0.39 is 0 Å². The molecule has 0 unspecified atom stereocenters. The van der Waals surface area contributed by atoms with Crippen molar-refractivity contribution in [3.63, 3.8) is 0 Å². The molecular formula is C23H35NO4. The summed E-state index contributed by atoms with van der Waals surface area (Å²) in [4.78, 5) is 0. The SMILES string of the molecule is CC(C)(C)Oc1ccc2c(c1)OCO2.CCCCNCc1ccccc1.CO. The van der Waals surface area contributed by atoms with Gasteiger partial charge in [-0.15, -0.1) is 0 Å². The van der Waals surface area contributed by atoms with E-state index in [0.29, 0.717) is 6.79 Å². The highest BCUT2D eigenvalue weighted by Crippen LogP contribution is 2.35. The number of benzene rings is 2. The van der Waals surface area contributed by atoms with E-state index >= 15 is 0 Å². The van der Waals surface area contributed by atoms with Gasteiger partial charge in [0.1, 0.15) is 11.4 Å². The highest BCUT2D eigenvalue weighted by atomic mass is 16.7. The van der Waals surface area contributed by atoms with E-state index in [1.807, 2.05) is 39.0 Å². The number of hydrogen-bond donors (Lipinski definition) is 2. The molecule has 2 aromatic carbocycles. The minimum Gasteiger partial charge on any atom is -0.488 e. The maximum Gasteiger partial charge on any atom is 0.231 e. The van der Waals surface area contributed by atoms with Crippen molar-refractivity contribution < 1.29 is 19.3 Å². The summed E-state index contributed by atoms with van der Waals surface area (Å²) in [7, 11) is 1.00. The largest absolute Gasteiger partial charge is 0.488 e. The van der Waals surface area contributed by atoms with Crippen LogP contribution in [0, 0.1) is 0 Å². The Bertz CT molecular complexity index is 653. The van der Waals surface area contributed by atoms with Crippen molar-refractivity contribution in [3.8, 4) is 17.2 Å². The number of hydrogen-bond acceptors (Lipinski definition) is 5. The normalized spacial score (nSPS) is 11.6. The first kappa shape index (κ1) is 23.8. The highest BCUT2D eigenvalue weighted by Gasteiger charge is 2.17. The molecule has 0 saturated carbocycles. The van der Waals surface area contributed by atoms with Crippen LogP contribution in [0.5, 0.6) is 17.2 Å². The Morgan fingerprint density at radius 2 is 1.68 bits per heavy atom. The van der Waals surface area contributed by atoms with Gasteiger partial charge in [-0.2, -0.15) is 0 Å². The van der Waals surface area contributed by atoms with E-state index in [-0.39, 0.29) is 5.60 Å². The van der Waals surface area contributed by atoms with Gasteiger partial charge in [0.2, 0.25) is 6.79 Å².